The molecule has 1 fully saturated rings. The highest BCUT2D eigenvalue weighted by atomic mass is 16.3. The molecule has 0 aromatic heterocycles. The van der Waals surface area contributed by atoms with Crippen LogP contribution in [-0.2, 0) is 4.79 Å². The summed E-state index contributed by atoms with van der Waals surface area (Å²) in [5, 5.41) is 15.5. The minimum atomic E-state index is -0.285. The number of carbonyl (C=O) groups is 1. The second-order valence-electron chi connectivity index (χ2n) is 5.28. The topological polar surface area (TPSA) is 61.4 Å². The zero-order valence-electron chi connectivity index (χ0n) is 9.84. The lowest BCUT2D eigenvalue weighted by Crippen LogP contribution is -2.47. The first-order valence-corrected chi connectivity index (χ1v) is 5.61. The van der Waals surface area contributed by atoms with E-state index < -0.39 is 0 Å². The van der Waals surface area contributed by atoms with E-state index >= 15 is 0 Å². The summed E-state index contributed by atoms with van der Waals surface area (Å²) in [7, 11) is 0. The van der Waals surface area contributed by atoms with Gasteiger partial charge in [0.25, 0.3) is 0 Å². The number of aliphatic hydroxyl groups is 1. The lowest BCUT2D eigenvalue weighted by atomic mass is 10.1. The van der Waals surface area contributed by atoms with Gasteiger partial charge in [-0.1, -0.05) is 0 Å². The zero-order valence-corrected chi connectivity index (χ0v) is 9.84. The van der Waals surface area contributed by atoms with Gasteiger partial charge in [-0.05, 0) is 40.0 Å². The summed E-state index contributed by atoms with van der Waals surface area (Å²) in [6.45, 7) is 6.15. The monoisotopic (exact) mass is 214 g/mol. The number of hydrogen-bond donors (Lipinski definition) is 3. The fraction of sp³-hybridized carbons (Fsp3) is 0.909. The summed E-state index contributed by atoms with van der Waals surface area (Å²) in [5.74, 6) is -0.0124. The van der Waals surface area contributed by atoms with Gasteiger partial charge >= 0.3 is 0 Å². The number of rotatable bonds is 3. The molecular formula is C11H22N2O2. The molecule has 0 unspecified atom stereocenters. The van der Waals surface area contributed by atoms with Crippen molar-refractivity contribution in [3.63, 3.8) is 0 Å². The van der Waals surface area contributed by atoms with E-state index in [1.807, 2.05) is 20.8 Å². The van der Waals surface area contributed by atoms with Crippen LogP contribution in [0.4, 0.5) is 0 Å². The van der Waals surface area contributed by atoms with Gasteiger partial charge in [-0.15, -0.1) is 0 Å². The van der Waals surface area contributed by atoms with Crippen LogP contribution in [0.25, 0.3) is 0 Å². The quantitative estimate of drug-likeness (QED) is 0.637. The van der Waals surface area contributed by atoms with Gasteiger partial charge in [0, 0.05) is 11.6 Å². The van der Waals surface area contributed by atoms with E-state index in [1.165, 1.54) is 0 Å². The van der Waals surface area contributed by atoms with Crippen LogP contribution in [0.3, 0.4) is 0 Å². The maximum atomic E-state index is 11.5. The first-order valence-electron chi connectivity index (χ1n) is 5.61. The molecule has 2 atom stereocenters. The zero-order chi connectivity index (χ0) is 11.5. The second-order valence-corrected chi connectivity index (χ2v) is 5.28. The minimum Gasteiger partial charge on any atom is -0.392 e. The number of carbonyl (C=O) groups excluding carboxylic acids is 1. The molecule has 1 aliphatic carbocycles. The average Bonchev–Trinajstić information content (AvgIpc) is 2.44. The van der Waals surface area contributed by atoms with Crippen molar-refractivity contribution in [3.8, 4) is 0 Å². The normalized spacial score (nSPS) is 26.7. The number of aliphatic hydroxyl groups excluding tert-OH is 1. The first kappa shape index (κ1) is 12.5. The lowest BCUT2D eigenvalue weighted by Gasteiger charge is -2.22. The summed E-state index contributed by atoms with van der Waals surface area (Å²) < 4.78 is 0. The molecule has 0 saturated heterocycles. The first-order chi connectivity index (χ1) is 6.88. The SMILES string of the molecule is CC(C)(C)NC(=O)CN[C@@H]1CCC[C@H]1O. The van der Waals surface area contributed by atoms with Crippen LogP contribution in [0.15, 0.2) is 0 Å². The largest absolute Gasteiger partial charge is 0.392 e. The lowest BCUT2D eigenvalue weighted by molar-refractivity contribution is -0.121. The van der Waals surface area contributed by atoms with Gasteiger partial charge < -0.3 is 15.7 Å². The van der Waals surface area contributed by atoms with Crippen LogP contribution in [0.2, 0.25) is 0 Å². The molecule has 1 rings (SSSR count). The summed E-state index contributed by atoms with van der Waals surface area (Å²) in [6.07, 6.45) is 2.56. The third kappa shape index (κ3) is 4.62. The maximum absolute atomic E-state index is 11.5. The molecule has 0 spiro atoms. The van der Waals surface area contributed by atoms with Crippen molar-refractivity contribution < 1.29 is 9.90 Å². The van der Waals surface area contributed by atoms with Crippen molar-refractivity contribution >= 4 is 5.91 Å². The van der Waals surface area contributed by atoms with Crippen LogP contribution in [0, 0.1) is 0 Å². The third-order valence-electron chi connectivity index (χ3n) is 2.52. The fourth-order valence-corrected chi connectivity index (χ4v) is 1.86. The van der Waals surface area contributed by atoms with Gasteiger partial charge in [0.15, 0.2) is 0 Å². The van der Waals surface area contributed by atoms with Crippen LogP contribution >= 0.6 is 0 Å². The van der Waals surface area contributed by atoms with E-state index in [2.05, 4.69) is 10.6 Å². The highest BCUT2D eigenvalue weighted by Crippen LogP contribution is 2.18. The van der Waals surface area contributed by atoms with Gasteiger partial charge in [-0.3, -0.25) is 4.79 Å². The molecule has 0 radical (unpaired) electrons. The van der Waals surface area contributed by atoms with Crippen LogP contribution in [-0.4, -0.2) is 35.2 Å². The Morgan fingerprint density at radius 3 is 2.53 bits per heavy atom. The number of hydrogen-bond acceptors (Lipinski definition) is 3. The Morgan fingerprint density at radius 1 is 1.40 bits per heavy atom. The van der Waals surface area contributed by atoms with E-state index in [4.69, 9.17) is 0 Å². The minimum absolute atomic E-state index is 0.0124. The molecule has 3 N–H and O–H groups in total. The predicted molar refractivity (Wildman–Crippen MR) is 59.5 cm³/mol. The van der Waals surface area contributed by atoms with Crippen molar-refractivity contribution in [2.24, 2.45) is 0 Å². The van der Waals surface area contributed by atoms with Crippen LogP contribution < -0.4 is 10.6 Å². The highest BCUT2D eigenvalue weighted by molar-refractivity contribution is 5.78. The van der Waals surface area contributed by atoms with Crippen molar-refractivity contribution in [3.05, 3.63) is 0 Å². The van der Waals surface area contributed by atoms with Crippen molar-refractivity contribution in [2.45, 2.75) is 57.7 Å². The van der Waals surface area contributed by atoms with E-state index in [1.54, 1.807) is 0 Å². The van der Waals surface area contributed by atoms with Gasteiger partial charge in [0.05, 0.1) is 12.6 Å². The van der Waals surface area contributed by atoms with Crippen molar-refractivity contribution in [1.29, 1.82) is 0 Å². The molecule has 0 heterocycles. The summed E-state index contributed by atoms with van der Waals surface area (Å²) in [4.78, 5) is 11.5. The van der Waals surface area contributed by atoms with Crippen LogP contribution in [0.5, 0.6) is 0 Å². The highest BCUT2D eigenvalue weighted by Gasteiger charge is 2.25. The molecule has 0 bridgehead atoms. The van der Waals surface area contributed by atoms with Gasteiger partial charge in [-0.25, -0.2) is 0 Å². The molecule has 1 saturated carbocycles. The molecule has 1 amide bonds. The van der Waals surface area contributed by atoms with Gasteiger partial charge in [0.2, 0.25) is 5.91 Å². The molecule has 1 aliphatic rings. The second kappa shape index (κ2) is 4.94. The summed E-state index contributed by atoms with van der Waals surface area (Å²) in [5.41, 5.74) is -0.187. The molecule has 15 heavy (non-hydrogen) atoms. The fourth-order valence-electron chi connectivity index (χ4n) is 1.86. The number of amides is 1. The Labute approximate surface area is 91.4 Å². The van der Waals surface area contributed by atoms with E-state index in [0.29, 0.717) is 6.54 Å². The van der Waals surface area contributed by atoms with Crippen molar-refractivity contribution in [2.75, 3.05) is 6.54 Å². The predicted octanol–water partition coefficient (Wildman–Crippen LogP) is 0.404. The Morgan fingerprint density at radius 2 is 2.07 bits per heavy atom. The van der Waals surface area contributed by atoms with Crippen molar-refractivity contribution in [1.82, 2.24) is 10.6 Å². The molecule has 0 aliphatic heterocycles. The van der Waals surface area contributed by atoms with E-state index in [9.17, 15) is 9.90 Å². The smallest absolute Gasteiger partial charge is 0.234 e. The van der Waals surface area contributed by atoms with Crippen LogP contribution in [0.1, 0.15) is 40.0 Å². The average molecular weight is 214 g/mol. The molecule has 4 nitrogen and oxygen atoms in total. The Bertz CT molecular complexity index is 223. The Balaban J connectivity index is 2.22. The number of nitrogens with one attached hydrogen (secondary N) is 2. The van der Waals surface area contributed by atoms with Gasteiger partial charge in [-0.2, -0.15) is 0 Å². The third-order valence-corrected chi connectivity index (χ3v) is 2.52. The molecule has 0 aromatic rings. The molecule has 88 valence electrons. The molecule has 0 aromatic carbocycles. The molecular weight excluding hydrogens is 192 g/mol. The van der Waals surface area contributed by atoms with Gasteiger partial charge in [0.1, 0.15) is 0 Å². The Kier molecular flexibility index (Phi) is 4.11. The summed E-state index contributed by atoms with van der Waals surface area (Å²) >= 11 is 0. The Hall–Kier alpha value is -0.610. The van der Waals surface area contributed by atoms with E-state index in [-0.39, 0.29) is 23.6 Å². The maximum Gasteiger partial charge on any atom is 0.234 e. The van der Waals surface area contributed by atoms with E-state index in [0.717, 1.165) is 19.3 Å². The standard InChI is InChI=1S/C11H22N2O2/c1-11(2,3)13-10(15)7-12-8-5-4-6-9(8)14/h8-9,12,14H,4-7H2,1-3H3,(H,13,15)/t8-,9-/m1/s1. The molecule has 4 heteroatoms. The summed E-state index contributed by atoms with van der Waals surface area (Å²) in [6, 6.07) is 0.0933.